The molecule has 22 heavy (non-hydrogen) atoms. The van der Waals surface area contributed by atoms with Gasteiger partial charge in [-0.1, -0.05) is 12.1 Å². The van der Waals surface area contributed by atoms with Crippen LogP contribution < -0.4 is 4.90 Å². The highest BCUT2D eigenvalue weighted by Crippen LogP contribution is 2.38. The first kappa shape index (κ1) is 14.5. The molecule has 4 nitrogen and oxygen atoms in total. The maximum Gasteiger partial charge on any atom is 0.275 e. The molecule has 0 saturated carbocycles. The van der Waals surface area contributed by atoms with Crippen molar-refractivity contribution in [3.8, 4) is 0 Å². The standard InChI is InChI=1S/C17H17FN2O2/c1-11-9-16-15(12(2)17(11)20(21)22)7-8-19(16)10-13-3-5-14(18)6-4-13/h3-6,9H,7-8,10H2,1-2H3. The molecule has 0 radical (unpaired) electrons. The van der Waals surface area contributed by atoms with Crippen molar-refractivity contribution in [2.75, 3.05) is 11.4 Å². The van der Waals surface area contributed by atoms with Crippen LogP contribution in [0.1, 0.15) is 22.3 Å². The number of nitro groups is 1. The van der Waals surface area contributed by atoms with Crippen LogP contribution in [0.2, 0.25) is 0 Å². The number of hydrogen-bond acceptors (Lipinski definition) is 3. The molecular formula is C17H17FN2O2. The van der Waals surface area contributed by atoms with E-state index in [1.165, 1.54) is 12.1 Å². The number of anilines is 1. The van der Waals surface area contributed by atoms with Gasteiger partial charge in [0, 0.05) is 29.9 Å². The van der Waals surface area contributed by atoms with Gasteiger partial charge in [-0.15, -0.1) is 0 Å². The Morgan fingerprint density at radius 3 is 2.59 bits per heavy atom. The van der Waals surface area contributed by atoms with Gasteiger partial charge >= 0.3 is 0 Å². The Balaban J connectivity index is 1.95. The molecule has 114 valence electrons. The van der Waals surface area contributed by atoms with E-state index in [1.54, 1.807) is 19.1 Å². The predicted octanol–water partition coefficient (Wildman–Crippen LogP) is 3.91. The summed E-state index contributed by atoms with van der Waals surface area (Å²) in [6.45, 7) is 5.11. The molecule has 1 heterocycles. The van der Waals surface area contributed by atoms with Gasteiger partial charge in [0.2, 0.25) is 0 Å². The van der Waals surface area contributed by atoms with Gasteiger partial charge in [0.1, 0.15) is 5.82 Å². The highest BCUT2D eigenvalue weighted by Gasteiger charge is 2.27. The van der Waals surface area contributed by atoms with Gasteiger partial charge < -0.3 is 4.90 Å². The minimum atomic E-state index is -0.298. The van der Waals surface area contributed by atoms with Crippen LogP contribution in [0.5, 0.6) is 0 Å². The van der Waals surface area contributed by atoms with Gasteiger partial charge in [-0.25, -0.2) is 4.39 Å². The molecule has 3 rings (SSSR count). The van der Waals surface area contributed by atoms with Gasteiger partial charge in [0.25, 0.3) is 5.69 Å². The fourth-order valence-corrected chi connectivity index (χ4v) is 3.21. The quantitative estimate of drug-likeness (QED) is 0.637. The number of nitro benzene ring substituents is 1. The van der Waals surface area contributed by atoms with Crippen LogP contribution in [0.3, 0.4) is 0 Å². The lowest BCUT2D eigenvalue weighted by molar-refractivity contribution is -0.386. The van der Waals surface area contributed by atoms with Crippen LogP contribution in [0.15, 0.2) is 30.3 Å². The minimum absolute atomic E-state index is 0.224. The highest BCUT2D eigenvalue weighted by atomic mass is 19.1. The van der Waals surface area contributed by atoms with Crippen LogP contribution in [-0.4, -0.2) is 11.5 Å². The van der Waals surface area contributed by atoms with Crippen LogP contribution >= 0.6 is 0 Å². The van der Waals surface area contributed by atoms with E-state index in [9.17, 15) is 14.5 Å². The molecule has 0 spiro atoms. The van der Waals surface area contributed by atoms with Crippen molar-refractivity contribution < 1.29 is 9.31 Å². The molecule has 0 amide bonds. The Morgan fingerprint density at radius 1 is 1.27 bits per heavy atom. The molecule has 1 aliphatic rings. The summed E-state index contributed by atoms with van der Waals surface area (Å²) in [6.07, 6.45) is 0.809. The number of rotatable bonds is 3. The number of hydrogen-bond donors (Lipinski definition) is 0. The number of fused-ring (bicyclic) bond motifs is 1. The van der Waals surface area contributed by atoms with Crippen molar-refractivity contribution in [1.82, 2.24) is 0 Å². The Kier molecular flexibility index (Phi) is 3.56. The Morgan fingerprint density at radius 2 is 1.95 bits per heavy atom. The third-order valence-corrected chi connectivity index (χ3v) is 4.29. The number of aryl methyl sites for hydroxylation is 1. The van der Waals surface area contributed by atoms with Gasteiger partial charge in [-0.2, -0.15) is 0 Å². The van der Waals surface area contributed by atoms with E-state index in [0.29, 0.717) is 12.1 Å². The lowest BCUT2D eigenvalue weighted by Gasteiger charge is -2.20. The van der Waals surface area contributed by atoms with Crippen LogP contribution in [0.25, 0.3) is 0 Å². The fourth-order valence-electron chi connectivity index (χ4n) is 3.21. The van der Waals surface area contributed by atoms with E-state index in [-0.39, 0.29) is 16.4 Å². The Hall–Kier alpha value is -2.43. The SMILES string of the molecule is Cc1cc2c(c(C)c1[N+](=O)[O-])CCN2Cc1ccc(F)cc1. The second kappa shape index (κ2) is 5.40. The van der Waals surface area contributed by atoms with E-state index >= 15 is 0 Å². The third-order valence-electron chi connectivity index (χ3n) is 4.29. The molecule has 5 heteroatoms. The van der Waals surface area contributed by atoms with Gasteiger partial charge in [0.15, 0.2) is 0 Å². The summed E-state index contributed by atoms with van der Waals surface area (Å²) in [4.78, 5) is 13.1. The maximum absolute atomic E-state index is 13.0. The summed E-state index contributed by atoms with van der Waals surface area (Å²) in [5.41, 5.74) is 4.82. The smallest absolute Gasteiger partial charge is 0.275 e. The summed E-state index contributed by atoms with van der Waals surface area (Å²) < 4.78 is 13.0. The van der Waals surface area contributed by atoms with Crippen molar-refractivity contribution in [2.24, 2.45) is 0 Å². The number of halogens is 1. The van der Waals surface area contributed by atoms with Crippen molar-refractivity contribution in [3.63, 3.8) is 0 Å². The lowest BCUT2D eigenvalue weighted by Crippen LogP contribution is -2.19. The zero-order valence-corrected chi connectivity index (χ0v) is 12.6. The Bertz CT molecular complexity index is 741. The predicted molar refractivity (Wildman–Crippen MR) is 83.7 cm³/mol. The third kappa shape index (κ3) is 2.43. The molecule has 0 aliphatic carbocycles. The van der Waals surface area contributed by atoms with Crippen LogP contribution in [0, 0.1) is 29.8 Å². The molecule has 2 aromatic rings. The number of benzene rings is 2. The van der Waals surface area contributed by atoms with E-state index in [4.69, 9.17) is 0 Å². The normalized spacial score (nSPS) is 13.3. The monoisotopic (exact) mass is 300 g/mol. The lowest BCUT2D eigenvalue weighted by atomic mass is 10.0. The molecule has 0 bridgehead atoms. The maximum atomic E-state index is 13.0. The molecule has 0 aromatic heterocycles. The first-order chi connectivity index (χ1) is 10.5. The molecule has 0 unspecified atom stereocenters. The Labute approximate surface area is 128 Å². The summed E-state index contributed by atoms with van der Waals surface area (Å²) in [7, 11) is 0. The molecule has 2 aromatic carbocycles. The largest absolute Gasteiger partial charge is 0.367 e. The summed E-state index contributed by atoms with van der Waals surface area (Å²) in [5.74, 6) is -0.243. The van der Waals surface area contributed by atoms with Crippen LogP contribution in [-0.2, 0) is 13.0 Å². The molecule has 0 N–H and O–H groups in total. The van der Waals surface area contributed by atoms with E-state index in [0.717, 1.165) is 35.3 Å². The summed E-state index contributed by atoms with van der Waals surface area (Å²) in [5, 5.41) is 11.2. The topological polar surface area (TPSA) is 46.4 Å². The molecule has 0 atom stereocenters. The van der Waals surface area contributed by atoms with Crippen molar-refractivity contribution in [2.45, 2.75) is 26.8 Å². The van der Waals surface area contributed by atoms with E-state index in [1.807, 2.05) is 13.0 Å². The molecule has 1 aliphatic heterocycles. The first-order valence-electron chi connectivity index (χ1n) is 7.24. The average Bonchev–Trinajstić information content (AvgIpc) is 2.84. The average molecular weight is 300 g/mol. The van der Waals surface area contributed by atoms with Gasteiger partial charge in [-0.05, 0) is 49.6 Å². The zero-order valence-electron chi connectivity index (χ0n) is 12.6. The summed E-state index contributed by atoms with van der Waals surface area (Å²) >= 11 is 0. The van der Waals surface area contributed by atoms with Crippen molar-refractivity contribution >= 4 is 11.4 Å². The van der Waals surface area contributed by atoms with Gasteiger partial charge in [-0.3, -0.25) is 10.1 Å². The minimum Gasteiger partial charge on any atom is -0.367 e. The highest BCUT2D eigenvalue weighted by molar-refractivity contribution is 5.68. The van der Waals surface area contributed by atoms with Crippen molar-refractivity contribution in [1.29, 1.82) is 0 Å². The van der Waals surface area contributed by atoms with E-state index in [2.05, 4.69) is 4.90 Å². The van der Waals surface area contributed by atoms with E-state index < -0.39 is 0 Å². The molecular weight excluding hydrogens is 283 g/mol. The van der Waals surface area contributed by atoms with Crippen molar-refractivity contribution in [3.05, 3.63) is 68.5 Å². The number of nitrogens with zero attached hydrogens (tertiary/aromatic N) is 2. The fraction of sp³-hybridized carbons (Fsp3) is 0.294. The molecule has 0 fully saturated rings. The van der Waals surface area contributed by atoms with Crippen LogP contribution in [0.4, 0.5) is 15.8 Å². The summed E-state index contributed by atoms with van der Waals surface area (Å²) in [6, 6.07) is 8.37. The molecule has 0 saturated heterocycles. The first-order valence-corrected chi connectivity index (χ1v) is 7.24. The second-order valence-electron chi connectivity index (χ2n) is 5.72. The second-order valence-corrected chi connectivity index (χ2v) is 5.72. The van der Waals surface area contributed by atoms with Gasteiger partial charge in [0.05, 0.1) is 4.92 Å². The zero-order chi connectivity index (χ0) is 15.9.